The summed E-state index contributed by atoms with van der Waals surface area (Å²) in [6.45, 7) is 3.34. The van der Waals surface area contributed by atoms with Crippen LogP contribution in [-0.4, -0.2) is 48.9 Å². The zero-order valence-corrected chi connectivity index (χ0v) is 15.1. The summed E-state index contributed by atoms with van der Waals surface area (Å²) in [5.74, 6) is 1.36. The molecule has 1 fully saturated rings. The lowest BCUT2D eigenvalue weighted by Crippen LogP contribution is -2.41. The molecule has 10 heteroatoms. The van der Waals surface area contributed by atoms with Gasteiger partial charge in [0.25, 0.3) is 0 Å². The highest BCUT2D eigenvalue weighted by atomic mass is 32.1. The van der Waals surface area contributed by atoms with E-state index in [1.54, 1.807) is 17.1 Å². The van der Waals surface area contributed by atoms with Crippen LogP contribution in [0.15, 0.2) is 30.9 Å². The van der Waals surface area contributed by atoms with Gasteiger partial charge in [0.05, 0.1) is 5.92 Å². The van der Waals surface area contributed by atoms with Crippen molar-refractivity contribution < 1.29 is 4.79 Å². The Morgan fingerprint density at radius 2 is 2.08 bits per heavy atom. The second-order valence-corrected chi connectivity index (χ2v) is 7.30. The van der Waals surface area contributed by atoms with Gasteiger partial charge in [-0.15, -0.1) is 20.4 Å². The molecule has 1 unspecified atom stereocenters. The Morgan fingerprint density at radius 1 is 1.23 bits per heavy atom. The second-order valence-electron chi connectivity index (χ2n) is 6.12. The first kappa shape index (κ1) is 16.6. The summed E-state index contributed by atoms with van der Waals surface area (Å²) >= 11 is 1.38. The third-order valence-corrected chi connectivity index (χ3v) is 5.03. The molecular formula is C16H18N8OS. The van der Waals surface area contributed by atoms with E-state index in [9.17, 15) is 4.79 Å². The molecule has 0 aliphatic carbocycles. The van der Waals surface area contributed by atoms with Crippen molar-refractivity contribution in [3.05, 3.63) is 35.9 Å². The number of aryl methyl sites for hydroxylation is 1. The molecule has 0 spiro atoms. The van der Waals surface area contributed by atoms with Gasteiger partial charge in [0.15, 0.2) is 11.6 Å². The van der Waals surface area contributed by atoms with Crippen LogP contribution >= 0.6 is 11.3 Å². The molecule has 26 heavy (non-hydrogen) atoms. The topological polar surface area (TPSA) is 102 Å². The maximum atomic E-state index is 12.5. The third-order valence-electron chi connectivity index (χ3n) is 4.28. The predicted molar refractivity (Wildman–Crippen MR) is 97.4 cm³/mol. The normalized spacial score (nSPS) is 17.3. The van der Waals surface area contributed by atoms with Gasteiger partial charge in [-0.05, 0) is 31.9 Å². The van der Waals surface area contributed by atoms with Crippen LogP contribution in [0.5, 0.6) is 0 Å². The molecule has 1 saturated heterocycles. The van der Waals surface area contributed by atoms with Crippen molar-refractivity contribution in [1.29, 1.82) is 0 Å². The van der Waals surface area contributed by atoms with Crippen LogP contribution in [0.4, 0.5) is 10.9 Å². The van der Waals surface area contributed by atoms with Crippen LogP contribution in [-0.2, 0) is 4.79 Å². The zero-order chi connectivity index (χ0) is 17.9. The number of aromatic nitrogens is 6. The van der Waals surface area contributed by atoms with E-state index in [-0.39, 0.29) is 11.8 Å². The highest BCUT2D eigenvalue weighted by Gasteiger charge is 2.27. The molecule has 1 atom stereocenters. The number of nitrogens with zero attached hydrogens (tertiary/aromatic N) is 7. The first-order chi connectivity index (χ1) is 12.7. The van der Waals surface area contributed by atoms with E-state index < -0.39 is 0 Å². The van der Waals surface area contributed by atoms with Crippen molar-refractivity contribution in [2.24, 2.45) is 5.92 Å². The lowest BCUT2D eigenvalue weighted by molar-refractivity contribution is -0.120. The highest BCUT2D eigenvalue weighted by molar-refractivity contribution is 7.15. The molecule has 3 aromatic rings. The summed E-state index contributed by atoms with van der Waals surface area (Å²) in [6, 6.07) is 3.83. The fourth-order valence-corrected chi connectivity index (χ4v) is 3.57. The molecule has 0 aromatic carbocycles. The average molecular weight is 370 g/mol. The van der Waals surface area contributed by atoms with Gasteiger partial charge in [-0.2, -0.15) is 0 Å². The molecule has 0 saturated carbocycles. The number of hydrogen-bond acceptors (Lipinski definition) is 8. The van der Waals surface area contributed by atoms with Crippen molar-refractivity contribution in [3.63, 3.8) is 0 Å². The fraction of sp³-hybridized carbons (Fsp3) is 0.375. The monoisotopic (exact) mass is 370 g/mol. The number of hydrogen-bond donors (Lipinski definition) is 1. The first-order valence-electron chi connectivity index (χ1n) is 8.37. The molecule has 134 valence electrons. The smallest absolute Gasteiger partial charge is 0.231 e. The Balaban J connectivity index is 1.42. The van der Waals surface area contributed by atoms with Crippen LogP contribution in [0, 0.1) is 12.8 Å². The molecule has 0 radical (unpaired) electrons. The molecule has 9 nitrogen and oxygen atoms in total. The van der Waals surface area contributed by atoms with E-state index in [0.29, 0.717) is 17.5 Å². The first-order valence-corrected chi connectivity index (χ1v) is 9.18. The summed E-state index contributed by atoms with van der Waals surface area (Å²) < 4.78 is 1.80. The third kappa shape index (κ3) is 3.54. The highest BCUT2D eigenvalue weighted by Crippen LogP contribution is 2.23. The molecule has 1 aliphatic rings. The Labute approximate surface area is 154 Å². The largest absolute Gasteiger partial charge is 0.354 e. The SMILES string of the molecule is Cc1nnc(NC(=O)C2CCCN(c3ccc(-n4ccnc4)nn3)C2)s1. The molecule has 1 N–H and O–H groups in total. The number of carbonyl (C=O) groups excluding carboxylic acids is 1. The van der Waals surface area contributed by atoms with Crippen molar-refractivity contribution in [2.75, 3.05) is 23.3 Å². The fourth-order valence-electron chi connectivity index (χ4n) is 2.97. The van der Waals surface area contributed by atoms with Gasteiger partial charge < -0.3 is 10.2 Å². The van der Waals surface area contributed by atoms with Gasteiger partial charge in [0, 0.05) is 25.5 Å². The van der Waals surface area contributed by atoms with Gasteiger partial charge in [-0.25, -0.2) is 4.98 Å². The lowest BCUT2D eigenvalue weighted by Gasteiger charge is -2.32. The summed E-state index contributed by atoms with van der Waals surface area (Å²) in [4.78, 5) is 18.6. The van der Waals surface area contributed by atoms with Gasteiger partial charge in [-0.1, -0.05) is 11.3 Å². The van der Waals surface area contributed by atoms with E-state index >= 15 is 0 Å². The lowest BCUT2D eigenvalue weighted by atomic mass is 9.97. The number of imidazole rings is 1. The average Bonchev–Trinajstić information content (AvgIpc) is 3.34. The summed E-state index contributed by atoms with van der Waals surface area (Å²) in [7, 11) is 0. The second kappa shape index (κ2) is 7.16. The van der Waals surface area contributed by atoms with E-state index in [1.165, 1.54) is 11.3 Å². The molecule has 3 aromatic heterocycles. The molecule has 1 aliphatic heterocycles. The van der Waals surface area contributed by atoms with Crippen LogP contribution < -0.4 is 10.2 Å². The minimum absolute atomic E-state index is 0.0196. The van der Waals surface area contributed by atoms with E-state index in [1.807, 2.05) is 25.3 Å². The van der Waals surface area contributed by atoms with Gasteiger partial charge in [-0.3, -0.25) is 9.36 Å². The standard InChI is InChI=1S/C16H18N8OS/c1-11-19-22-16(26-11)18-15(25)12-3-2-7-23(9-12)13-4-5-14(21-20-13)24-8-6-17-10-24/h4-6,8,10,12H,2-3,7,9H2,1H3,(H,18,22,25). The molecule has 4 rings (SSSR count). The Hall–Kier alpha value is -2.88. The maximum absolute atomic E-state index is 12.5. The van der Waals surface area contributed by atoms with Crippen molar-refractivity contribution in [2.45, 2.75) is 19.8 Å². The Kier molecular flexibility index (Phi) is 4.57. The molecule has 4 heterocycles. The van der Waals surface area contributed by atoms with Crippen LogP contribution in [0.1, 0.15) is 17.8 Å². The Bertz CT molecular complexity index is 876. The van der Waals surface area contributed by atoms with Crippen LogP contribution in [0.25, 0.3) is 5.82 Å². The van der Waals surface area contributed by atoms with E-state index in [0.717, 1.165) is 30.2 Å². The Morgan fingerprint density at radius 3 is 2.77 bits per heavy atom. The molecule has 0 bridgehead atoms. The zero-order valence-electron chi connectivity index (χ0n) is 14.2. The summed E-state index contributed by atoms with van der Waals surface area (Å²) in [5.41, 5.74) is 0. The molecular weight excluding hydrogens is 352 g/mol. The van der Waals surface area contributed by atoms with Crippen molar-refractivity contribution >= 4 is 28.2 Å². The predicted octanol–water partition coefficient (Wildman–Crippen LogP) is 1.68. The summed E-state index contributed by atoms with van der Waals surface area (Å²) in [6.07, 6.45) is 6.97. The van der Waals surface area contributed by atoms with Crippen LogP contribution in [0.3, 0.4) is 0 Å². The minimum Gasteiger partial charge on any atom is -0.354 e. The van der Waals surface area contributed by atoms with Crippen LogP contribution in [0.2, 0.25) is 0 Å². The number of nitrogens with one attached hydrogen (secondary N) is 1. The molecule has 1 amide bonds. The number of carbonyl (C=O) groups is 1. The number of amides is 1. The number of piperidine rings is 1. The quantitative estimate of drug-likeness (QED) is 0.745. The number of rotatable bonds is 4. The van der Waals surface area contributed by atoms with Gasteiger partial charge in [0.2, 0.25) is 11.0 Å². The van der Waals surface area contributed by atoms with Gasteiger partial charge in [0.1, 0.15) is 11.3 Å². The summed E-state index contributed by atoms with van der Waals surface area (Å²) in [5, 5.41) is 20.7. The number of anilines is 2. The van der Waals surface area contributed by atoms with E-state index in [2.05, 4.69) is 35.6 Å². The van der Waals surface area contributed by atoms with Crippen molar-refractivity contribution in [1.82, 2.24) is 29.9 Å². The van der Waals surface area contributed by atoms with Crippen molar-refractivity contribution in [3.8, 4) is 5.82 Å². The minimum atomic E-state index is -0.108. The van der Waals surface area contributed by atoms with E-state index in [4.69, 9.17) is 0 Å². The van der Waals surface area contributed by atoms with Gasteiger partial charge >= 0.3 is 0 Å². The maximum Gasteiger partial charge on any atom is 0.231 e.